The van der Waals surface area contributed by atoms with Crippen LogP contribution in [-0.4, -0.2) is 30.3 Å². The number of benzene rings is 1. The van der Waals surface area contributed by atoms with Crippen LogP contribution in [0.3, 0.4) is 0 Å². The molecule has 0 saturated heterocycles. The van der Waals surface area contributed by atoms with E-state index in [0.717, 1.165) is 25.7 Å². The molecule has 10 heteroatoms. The zero-order valence-corrected chi connectivity index (χ0v) is 18.1. The quantitative estimate of drug-likeness (QED) is 0.583. The van der Waals surface area contributed by atoms with Crippen LogP contribution in [0, 0.1) is 5.92 Å². The Morgan fingerprint density at radius 1 is 1.19 bits per heavy atom. The average molecular weight is 457 g/mol. The molecule has 8 nitrogen and oxygen atoms in total. The maximum absolute atomic E-state index is 13.4. The molecule has 1 aliphatic heterocycles. The Bertz CT molecular complexity index is 1400. The highest BCUT2D eigenvalue weighted by molar-refractivity contribution is 7.90. The maximum atomic E-state index is 13.4. The lowest BCUT2D eigenvalue weighted by molar-refractivity contribution is 0.443. The van der Waals surface area contributed by atoms with Crippen molar-refractivity contribution in [2.45, 2.75) is 37.0 Å². The van der Waals surface area contributed by atoms with E-state index in [0.29, 0.717) is 21.8 Å². The third-order valence-electron chi connectivity index (χ3n) is 5.64. The number of nitrogens with one attached hydrogen (secondary N) is 1. The number of fused-ring (bicyclic) bond motifs is 2. The number of anilines is 1. The normalized spacial score (nSPS) is 18.6. The fourth-order valence-corrected chi connectivity index (χ4v) is 6.02. The monoisotopic (exact) mass is 456 g/mol. The van der Waals surface area contributed by atoms with Crippen LogP contribution in [0.4, 0.5) is 5.69 Å². The molecule has 1 aliphatic carbocycles. The smallest absolute Gasteiger partial charge is 0.286 e. The number of aromatic hydroxyl groups is 1. The second-order valence-corrected chi connectivity index (χ2v) is 10.2. The molecule has 0 spiro atoms. The van der Waals surface area contributed by atoms with Gasteiger partial charge in [0.15, 0.2) is 11.6 Å². The summed E-state index contributed by atoms with van der Waals surface area (Å²) in [4.78, 5) is 13.4. The third-order valence-corrected chi connectivity index (χ3v) is 7.88. The molecule has 0 amide bonds. The van der Waals surface area contributed by atoms with Crippen molar-refractivity contribution >= 4 is 49.3 Å². The number of nitrogens with zero attached hydrogens (tertiary/aromatic N) is 3. The van der Waals surface area contributed by atoms with Gasteiger partial charge in [-0.1, -0.05) is 31.4 Å². The topological polar surface area (TPSA) is 113 Å². The van der Waals surface area contributed by atoms with Gasteiger partial charge in [0.05, 0.1) is 15.9 Å². The molecule has 1 saturated carbocycles. The lowest BCUT2D eigenvalue weighted by Crippen LogP contribution is -2.31. The highest BCUT2D eigenvalue weighted by atomic mass is 32.2. The van der Waals surface area contributed by atoms with Gasteiger partial charge in [-0.2, -0.15) is 18.2 Å². The minimum Gasteiger partial charge on any atom is -0.505 e. The standard InChI is InChI=1S/C21H20N4O4S2/c26-18-17(20-23-14-8-4-5-9-16(14)31(28,29)24-20)21(27)25(15-10-11-30-19(15)18)22-12-13-6-2-1-3-7-13/h4-5,8-13,26H,1-3,6-7H2,(H,23,24). The van der Waals surface area contributed by atoms with Crippen molar-refractivity contribution in [3.8, 4) is 5.75 Å². The molecule has 1 aromatic carbocycles. The molecule has 5 rings (SSSR count). The van der Waals surface area contributed by atoms with Crippen LogP contribution >= 0.6 is 11.3 Å². The van der Waals surface area contributed by atoms with Crippen molar-refractivity contribution in [2.24, 2.45) is 15.4 Å². The number of aromatic nitrogens is 1. The zero-order valence-electron chi connectivity index (χ0n) is 16.5. The van der Waals surface area contributed by atoms with Gasteiger partial charge in [-0.05, 0) is 42.3 Å². The Balaban J connectivity index is 1.67. The molecule has 0 atom stereocenters. The number of sulfonamides is 1. The first-order valence-electron chi connectivity index (χ1n) is 10.1. The van der Waals surface area contributed by atoms with E-state index >= 15 is 0 Å². The van der Waals surface area contributed by atoms with E-state index in [-0.39, 0.29) is 22.0 Å². The predicted octanol–water partition coefficient (Wildman–Crippen LogP) is 3.74. The van der Waals surface area contributed by atoms with E-state index in [2.05, 4.69) is 14.8 Å². The molecular weight excluding hydrogens is 436 g/mol. The molecule has 2 N–H and O–H groups in total. The number of rotatable bonds is 3. The predicted molar refractivity (Wildman–Crippen MR) is 122 cm³/mol. The van der Waals surface area contributed by atoms with Gasteiger partial charge in [-0.15, -0.1) is 15.7 Å². The molecule has 0 unspecified atom stereocenters. The van der Waals surface area contributed by atoms with Crippen molar-refractivity contribution in [1.29, 1.82) is 0 Å². The molecule has 0 bridgehead atoms. The average Bonchev–Trinajstić information content (AvgIpc) is 3.24. The molecule has 3 heterocycles. The summed E-state index contributed by atoms with van der Waals surface area (Å²) in [6.07, 6.45) is 7.33. The summed E-state index contributed by atoms with van der Waals surface area (Å²) in [7, 11) is -4.02. The summed E-state index contributed by atoms with van der Waals surface area (Å²) in [6, 6.07) is 8.01. The van der Waals surface area contributed by atoms with Crippen LogP contribution in [0.15, 0.2) is 54.9 Å². The van der Waals surface area contributed by atoms with Gasteiger partial charge in [-0.3, -0.25) is 4.79 Å². The van der Waals surface area contributed by atoms with Crippen LogP contribution in [0.25, 0.3) is 10.2 Å². The second-order valence-electron chi connectivity index (χ2n) is 7.67. The first kappa shape index (κ1) is 20.0. The van der Waals surface area contributed by atoms with Crippen LogP contribution in [0.1, 0.15) is 37.7 Å². The van der Waals surface area contributed by atoms with E-state index in [1.54, 1.807) is 35.9 Å². The summed E-state index contributed by atoms with van der Waals surface area (Å²) in [5.41, 5.74) is -0.0667. The fraction of sp³-hybridized carbons (Fsp3) is 0.286. The number of hydrogen-bond acceptors (Lipinski definition) is 7. The zero-order chi connectivity index (χ0) is 21.6. The Morgan fingerprint density at radius 3 is 2.77 bits per heavy atom. The van der Waals surface area contributed by atoms with Gasteiger partial charge >= 0.3 is 0 Å². The van der Waals surface area contributed by atoms with E-state index in [1.807, 2.05) is 0 Å². The highest BCUT2D eigenvalue weighted by Crippen LogP contribution is 2.34. The Hall–Kier alpha value is -2.98. The van der Waals surface area contributed by atoms with Gasteiger partial charge in [0.25, 0.3) is 15.6 Å². The number of thiophene rings is 1. The Morgan fingerprint density at radius 2 is 1.97 bits per heavy atom. The highest BCUT2D eigenvalue weighted by Gasteiger charge is 2.30. The third kappa shape index (κ3) is 3.45. The largest absolute Gasteiger partial charge is 0.505 e. The van der Waals surface area contributed by atoms with Gasteiger partial charge in [0.1, 0.15) is 10.5 Å². The van der Waals surface area contributed by atoms with Crippen molar-refractivity contribution < 1.29 is 13.5 Å². The minimum atomic E-state index is -4.02. The summed E-state index contributed by atoms with van der Waals surface area (Å²) in [5.74, 6) is -0.220. The van der Waals surface area contributed by atoms with E-state index < -0.39 is 15.6 Å². The SMILES string of the molecule is O=c1c(C2=NS(=O)(=O)c3ccccc3N2)c(O)c2sccc2n1N=CC1CCCCC1. The van der Waals surface area contributed by atoms with Gasteiger partial charge in [-0.25, -0.2) is 0 Å². The molecule has 2 aromatic heterocycles. The van der Waals surface area contributed by atoms with Crippen molar-refractivity contribution in [3.63, 3.8) is 0 Å². The van der Waals surface area contributed by atoms with Crippen LogP contribution in [0.2, 0.25) is 0 Å². The van der Waals surface area contributed by atoms with Gasteiger partial charge < -0.3 is 10.4 Å². The summed E-state index contributed by atoms with van der Waals surface area (Å²) >= 11 is 1.25. The first-order valence-corrected chi connectivity index (χ1v) is 12.4. The van der Waals surface area contributed by atoms with Crippen LogP contribution in [-0.2, 0) is 10.0 Å². The fourth-order valence-electron chi connectivity index (χ4n) is 4.07. The number of pyridine rings is 1. The van der Waals surface area contributed by atoms with Crippen LogP contribution < -0.4 is 10.9 Å². The molecule has 1 fully saturated rings. The molecular formula is C21H20N4O4S2. The van der Waals surface area contributed by atoms with E-state index in [1.165, 1.54) is 28.5 Å². The van der Waals surface area contributed by atoms with Crippen molar-refractivity contribution in [1.82, 2.24) is 4.68 Å². The van der Waals surface area contributed by atoms with Crippen molar-refractivity contribution in [2.75, 3.05) is 5.32 Å². The molecule has 3 aromatic rings. The molecule has 0 radical (unpaired) electrons. The van der Waals surface area contributed by atoms with E-state index in [9.17, 15) is 18.3 Å². The first-order chi connectivity index (χ1) is 15.0. The number of hydrogen-bond donors (Lipinski definition) is 2. The van der Waals surface area contributed by atoms with Crippen LogP contribution in [0.5, 0.6) is 5.75 Å². The summed E-state index contributed by atoms with van der Waals surface area (Å²) < 4.78 is 30.8. The lowest BCUT2D eigenvalue weighted by atomic mass is 9.90. The van der Waals surface area contributed by atoms with E-state index in [4.69, 9.17) is 0 Å². The van der Waals surface area contributed by atoms with Gasteiger partial charge in [0, 0.05) is 6.21 Å². The Labute approximate surface area is 182 Å². The number of amidine groups is 1. The maximum Gasteiger partial charge on any atom is 0.286 e. The molecule has 2 aliphatic rings. The number of para-hydroxylation sites is 1. The summed E-state index contributed by atoms with van der Waals surface area (Å²) in [6.45, 7) is 0. The minimum absolute atomic E-state index is 0.0195. The van der Waals surface area contributed by atoms with Crippen molar-refractivity contribution in [3.05, 3.63) is 51.6 Å². The van der Waals surface area contributed by atoms with Gasteiger partial charge in [0.2, 0.25) is 0 Å². The second kappa shape index (κ2) is 7.61. The molecule has 160 valence electrons. The lowest BCUT2D eigenvalue weighted by Gasteiger charge is -2.19. The molecule has 31 heavy (non-hydrogen) atoms. The summed E-state index contributed by atoms with van der Waals surface area (Å²) in [5, 5.41) is 20.0. The Kier molecular flexibility index (Phi) is 4.90.